The summed E-state index contributed by atoms with van der Waals surface area (Å²) in [6.07, 6.45) is 4.90. The average molecular weight is 290 g/mol. The first-order valence-electron chi connectivity index (χ1n) is 6.84. The smallest absolute Gasteiger partial charge is 0.267 e. The van der Waals surface area contributed by atoms with E-state index >= 15 is 0 Å². The molecular weight excluding hydrogens is 276 g/mol. The number of amides is 1. The van der Waals surface area contributed by atoms with Gasteiger partial charge in [0, 0.05) is 23.3 Å². The van der Waals surface area contributed by atoms with Crippen LogP contribution in [0.1, 0.15) is 21.6 Å². The van der Waals surface area contributed by atoms with Crippen molar-refractivity contribution >= 4 is 23.0 Å². The molecular formula is C17H14N4O. The number of fused-ring (bicyclic) bond motifs is 1. The summed E-state index contributed by atoms with van der Waals surface area (Å²) in [6, 6.07) is 13.2. The largest absolute Gasteiger partial charge is 0.273 e. The van der Waals surface area contributed by atoms with Crippen molar-refractivity contribution in [1.82, 2.24) is 15.4 Å². The number of carbonyl (C=O) groups excluding carboxylic acids is 1. The van der Waals surface area contributed by atoms with Gasteiger partial charge < -0.3 is 0 Å². The highest BCUT2D eigenvalue weighted by molar-refractivity contribution is 5.99. The first-order chi connectivity index (χ1) is 10.7. The molecule has 3 rings (SSSR count). The van der Waals surface area contributed by atoms with E-state index in [-0.39, 0.29) is 5.91 Å². The van der Waals surface area contributed by atoms with Crippen molar-refractivity contribution in [3.63, 3.8) is 0 Å². The van der Waals surface area contributed by atoms with Crippen LogP contribution < -0.4 is 5.43 Å². The van der Waals surface area contributed by atoms with Crippen LogP contribution in [0.5, 0.6) is 0 Å². The monoisotopic (exact) mass is 290 g/mol. The second-order valence-corrected chi connectivity index (χ2v) is 4.80. The first kappa shape index (κ1) is 13.9. The number of nitrogens with one attached hydrogen (secondary N) is 1. The standard InChI is InChI=1S/C17H14N4O/c1-12-15(9-14-6-2-3-7-16(14)20-12)17(22)21-19-11-13-5-4-8-18-10-13/h2-11H,1H3,(H,21,22)/b19-11+. The van der Waals surface area contributed by atoms with Crippen LogP contribution in [-0.4, -0.2) is 22.1 Å². The van der Waals surface area contributed by atoms with Crippen molar-refractivity contribution in [2.24, 2.45) is 5.10 Å². The summed E-state index contributed by atoms with van der Waals surface area (Å²) in [6.45, 7) is 1.81. The van der Waals surface area contributed by atoms with Gasteiger partial charge in [-0.25, -0.2) is 5.43 Å². The van der Waals surface area contributed by atoms with Crippen LogP contribution in [0, 0.1) is 6.92 Å². The molecule has 1 N–H and O–H groups in total. The van der Waals surface area contributed by atoms with Crippen molar-refractivity contribution in [1.29, 1.82) is 0 Å². The molecule has 108 valence electrons. The molecule has 0 fully saturated rings. The van der Waals surface area contributed by atoms with Crippen molar-refractivity contribution in [2.45, 2.75) is 6.92 Å². The van der Waals surface area contributed by atoms with Gasteiger partial charge in [0.05, 0.1) is 23.0 Å². The number of para-hydroxylation sites is 1. The Morgan fingerprint density at radius 3 is 2.91 bits per heavy atom. The average Bonchev–Trinajstić information content (AvgIpc) is 2.55. The Labute approximate surface area is 127 Å². The molecule has 5 heteroatoms. The molecule has 22 heavy (non-hydrogen) atoms. The fraction of sp³-hybridized carbons (Fsp3) is 0.0588. The maximum absolute atomic E-state index is 12.2. The van der Waals surface area contributed by atoms with E-state index in [1.165, 1.54) is 0 Å². The van der Waals surface area contributed by atoms with E-state index in [9.17, 15) is 4.79 Å². The highest BCUT2D eigenvalue weighted by Crippen LogP contribution is 2.16. The Hall–Kier alpha value is -3.08. The lowest BCUT2D eigenvalue weighted by Crippen LogP contribution is -2.19. The van der Waals surface area contributed by atoms with Crippen molar-refractivity contribution in [3.8, 4) is 0 Å². The van der Waals surface area contributed by atoms with Crippen LogP contribution >= 0.6 is 0 Å². The third-order valence-electron chi connectivity index (χ3n) is 3.22. The van der Waals surface area contributed by atoms with Crippen molar-refractivity contribution < 1.29 is 4.79 Å². The van der Waals surface area contributed by atoms with Gasteiger partial charge >= 0.3 is 0 Å². The van der Waals surface area contributed by atoms with Gasteiger partial charge in [-0.05, 0) is 25.1 Å². The number of nitrogens with zero attached hydrogens (tertiary/aromatic N) is 3. The van der Waals surface area contributed by atoms with E-state index in [2.05, 4.69) is 20.5 Å². The van der Waals surface area contributed by atoms with Gasteiger partial charge in [0.25, 0.3) is 5.91 Å². The molecule has 2 heterocycles. The van der Waals surface area contributed by atoms with Gasteiger partial charge in [-0.1, -0.05) is 24.3 Å². The minimum Gasteiger partial charge on any atom is -0.267 e. The summed E-state index contributed by atoms with van der Waals surface area (Å²) in [4.78, 5) is 20.6. The number of aromatic nitrogens is 2. The number of aryl methyl sites for hydroxylation is 1. The molecule has 0 aliphatic rings. The zero-order chi connectivity index (χ0) is 15.4. The van der Waals surface area contributed by atoms with Gasteiger partial charge in [0.2, 0.25) is 0 Å². The summed E-state index contributed by atoms with van der Waals surface area (Å²) in [5.74, 6) is -0.282. The molecule has 3 aromatic rings. The normalized spacial score (nSPS) is 11.0. The predicted octanol–water partition coefficient (Wildman–Crippen LogP) is 2.70. The van der Waals surface area contributed by atoms with E-state index in [1.54, 1.807) is 24.7 Å². The van der Waals surface area contributed by atoms with Crippen LogP contribution in [0.4, 0.5) is 0 Å². The molecule has 0 spiro atoms. The predicted molar refractivity (Wildman–Crippen MR) is 85.8 cm³/mol. The molecule has 1 amide bonds. The number of hydrazone groups is 1. The van der Waals surface area contributed by atoms with Crippen LogP contribution in [0.25, 0.3) is 10.9 Å². The lowest BCUT2D eigenvalue weighted by atomic mass is 10.1. The number of carbonyl (C=O) groups is 1. The third-order valence-corrected chi connectivity index (χ3v) is 3.22. The fourth-order valence-electron chi connectivity index (χ4n) is 2.12. The molecule has 0 aliphatic carbocycles. The number of pyridine rings is 2. The molecule has 5 nitrogen and oxygen atoms in total. The zero-order valence-electron chi connectivity index (χ0n) is 12.0. The summed E-state index contributed by atoms with van der Waals surface area (Å²) in [5, 5.41) is 4.87. The van der Waals surface area contributed by atoms with Crippen LogP contribution in [0.2, 0.25) is 0 Å². The van der Waals surface area contributed by atoms with E-state index in [0.717, 1.165) is 16.5 Å². The molecule has 0 saturated heterocycles. The molecule has 0 bridgehead atoms. The molecule has 0 atom stereocenters. The van der Waals surface area contributed by atoms with Gasteiger partial charge in [-0.3, -0.25) is 14.8 Å². The van der Waals surface area contributed by atoms with E-state index in [1.807, 2.05) is 43.3 Å². The summed E-state index contributed by atoms with van der Waals surface area (Å²) < 4.78 is 0. The SMILES string of the molecule is Cc1nc2ccccc2cc1C(=O)N/N=C/c1cccnc1. The molecule has 1 aromatic carbocycles. The van der Waals surface area contributed by atoms with Crippen LogP contribution in [0.15, 0.2) is 60.0 Å². The van der Waals surface area contributed by atoms with E-state index in [0.29, 0.717) is 11.3 Å². The summed E-state index contributed by atoms with van der Waals surface area (Å²) >= 11 is 0. The summed E-state index contributed by atoms with van der Waals surface area (Å²) in [7, 11) is 0. The second kappa shape index (κ2) is 6.13. The van der Waals surface area contributed by atoms with Gasteiger partial charge in [-0.15, -0.1) is 0 Å². The highest BCUT2D eigenvalue weighted by Gasteiger charge is 2.10. The molecule has 0 saturated carbocycles. The zero-order valence-corrected chi connectivity index (χ0v) is 12.0. The molecule has 0 unspecified atom stereocenters. The lowest BCUT2D eigenvalue weighted by molar-refractivity contribution is 0.0954. The van der Waals surface area contributed by atoms with Crippen molar-refractivity contribution in [2.75, 3.05) is 0 Å². The summed E-state index contributed by atoms with van der Waals surface area (Å²) in [5.41, 5.74) is 5.39. The molecule has 2 aromatic heterocycles. The minimum absolute atomic E-state index is 0.282. The first-order valence-corrected chi connectivity index (χ1v) is 6.84. The Balaban J connectivity index is 1.80. The van der Waals surface area contributed by atoms with Gasteiger partial charge in [0.15, 0.2) is 0 Å². The van der Waals surface area contributed by atoms with E-state index < -0.39 is 0 Å². The number of benzene rings is 1. The van der Waals surface area contributed by atoms with E-state index in [4.69, 9.17) is 0 Å². The van der Waals surface area contributed by atoms with Gasteiger partial charge in [-0.2, -0.15) is 5.10 Å². The number of hydrogen-bond donors (Lipinski definition) is 1. The molecule has 0 aliphatic heterocycles. The minimum atomic E-state index is -0.282. The quantitative estimate of drug-likeness (QED) is 0.595. The van der Waals surface area contributed by atoms with Crippen molar-refractivity contribution in [3.05, 3.63) is 71.7 Å². The Morgan fingerprint density at radius 1 is 1.23 bits per heavy atom. The maximum Gasteiger partial charge on any atom is 0.273 e. The highest BCUT2D eigenvalue weighted by atomic mass is 16.2. The fourth-order valence-corrected chi connectivity index (χ4v) is 2.12. The maximum atomic E-state index is 12.2. The Kier molecular flexibility index (Phi) is 3.87. The number of hydrogen-bond acceptors (Lipinski definition) is 4. The second-order valence-electron chi connectivity index (χ2n) is 4.80. The lowest BCUT2D eigenvalue weighted by Gasteiger charge is -2.05. The van der Waals surface area contributed by atoms with Crippen LogP contribution in [-0.2, 0) is 0 Å². The van der Waals surface area contributed by atoms with Gasteiger partial charge in [0.1, 0.15) is 0 Å². The third kappa shape index (κ3) is 2.98. The van der Waals surface area contributed by atoms with Crippen LogP contribution in [0.3, 0.4) is 0 Å². The Bertz CT molecular complexity index is 844. The Morgan fingerprint density at radius 2 is 2.09 bits per heavy atom. The number of rotatable bonds is 3. The topological polar surface area (TPSA) is 67.2 Å². The molecule has 0 radical (unpaired) electrons.